The summed E-state index contributed by atoms with van der Waals surface area (Å²) in [7, 11) is -4.66. The molecule has 0 heterocycles. The van der Waals surface area contributed by atoms with Gasteiger partial charge >= 0.3 is 0 Å². The van der Waals surface area contributed by atoms with Crippen molar-refractivity contribution in [3.05, 3.63) is 35.9 Å². The summed E-state index contributed by atoms with van der Waals surface area (Å²) in [4.78, 5) is 11.9. The lowest BCUT2D eigenvalue weighted by atomic mass is 9.89. The molecule has 0 aliphatic heterocycles. The number of carbonyl (C=O) groups excluding carboxylic acids is 1. The first kappa shape index (κ1) is 24.8. The number of benzene rings is 1. The molecule has 0 aliphatic rings. The van der Waals surface area contributed by atoms with Crippen LogP contribution in [0.5, 0.6) is 0 Å². The van der Waals surface area contributed by atoms with E-state index in [2.05, 4.69) is 103 Å². The van der Waals surface area contributed by atoms with Crippen LogP contribution in [0, 0.1) is 5.92 Å². The summed E-state index contributed by atoms with van der Waals surface area (Å²) in [6.45, 7) is 25.1. The molecule has 27 heavy (non-hydrogen) atoms. The minimum Gasteiger partial charge on any atom is -0.422 e. The molecule has 1 rings (SSSR count). The van der Waals surface area contributed by atoms with Crippen molar-refractivity contribution in [2.24, 2.45) is 5.92 Å². The Hall–Kier alpha value is -0.282. The lowest BCUT2D eigenvalue weighted by Crippen LogP contribution is -2.85. The zero-order valence-electron chi connectivity index (χ0n) is 19.5. The van der Waals surface area contributed by atoms with Gasteiger partial charge in [-0.25, -0.2) is 0 Å². The first-order chi connectivity index (χ1) is 12.1. The first-order valence-corrected chi connectivity index (χ1v) is 25.7. The molecule has 0 unspecified atom stereocenters. The highest BCUT2D eigenvalue weighted by Gasteiger charge is 2.64. The van der Waals surface area contributed by atoms with E-state index in [4.69, 9.17) is 4.43 Å². The Morgan fingerprint density at radius 2 is 1.19 bits per heavy atom. The van der Waals surface area contributed by atoms with Gasteiger partial charge < -0.3 is 9.22 Å². The van der Waals surface area contributed by atoms with Gasteiger partial charge in [0.1, 0.15) is 6.29 Å². The molecule has 154 valence electrons. The largest absolute Gasteiger partial charge is 0.422 e. The zero-order chi connectivity index (χ0) is 21.3. The molecule has 0 aromatic heterocycles. The Kier molecular flexibility index (Phi) is 7.89. The van der Waals surface area contributed by atoms with Crippen LogP contribution in [0.25, 0.3) is 0 Å². The summed E-state index contributed by atoms with van der Waals surface area (Å²) in [6, 6.07) is 10.6. The summed E-state index contributed by atoms with van der Waals surface area (Å²) in [5, 5.41) is 0. The third-order valence-electron chi connectivity index (χ3n) is 6.03. The second-order valence-electron chi connectivity index (χ2n) is 11.2. The molecule has 0 saturated heterocycles. The van der Waals surface area contributed by atoms with E-state index in [1.165, 1.54) is 5.56 Å². The molecular formula is C21H42O2Si4. The van der Waals surface area contributed by atoms with E-state index in [0.717, 1.165) is 6.29 Å². The van der Waals surface area contributed by atoms with Crippen molar-refractivity contribution in [3.63, 3.8) is 0 Å². The van der Waals surface area contributed by atoms with Crippen LogP contribution >= 0.6 is 0 Å². The molecule has 0 bridgehead atoms. The molecule has 0 amide bonds. The van der Waals surface area contributed by atoms with E-state index < -0.39 is 29.6 Å². The van der Waals surface area contributed by atoms with Gasteiger partial charge in [0, 0.05) is 11.8 Å². The van der Waals surface area contributed by atoms with Crippen molar-refractivity contribution in [3.8, 4) is 0 Å². The van der Waals surface area contributed by atoms with Gasteiger partial charge in [0.15, 0.2) is 6.87 Å². The molecule has 0 radical (unpaired) electrons. The third kappa shape index (κ3) is 5.01. The Bertz CT molecular complexity index is 576. The van der Waals surface area contributed by atoms with Crippen LogP contribution in [-0.2, 0) is 9.22 Å². The number of hydrogen-bond acceptors (Lipinski definition) is 2. The van der Waals surface area contributed by atoms with Gasteiger partial charge in [0.2, 0.25) is 0 Å². The lowest BCUT2D eigenvalue weighted by Gasteiger charge is -2.58. The molecule has 0 spiro atoms. The number of aldehydes is 1. The van der Waals surface area contributed by atoms with E-state index in [1.807, 2.05) is 0 Å². The van der Waals surface area contributed by atoms with Crippen LogP contribution in [0.3, 0.4) is 0 Å². The fourth-order valence-corrected chi connectivity index (χ4v) is 99.8. The average molecular weight is 439 g/mol. The summed E-state index contributed by atoms with van der Waals surface area (Å²) < 4.78 is 7.49. The highest BCUT2D eigenvalue weighted by molar-refractivity contribution is 7.87. The van der Waals surface area contributed by atoms with Gasteiger partial charge in [0.25, 0.3) is 0 Å². The van der Waals surface area contributed by atoms with Crippen molar-refractivity contribution in [1.82, 2.24) is 0 Å². The molecule has 0 N–H and O–H groups in total. The minimum absolute atomic E-state index is 0.0262. The van der Waals surface area contributed by atoms with E-state index in [0.29, 0.717) is 0 Å². The first-order valence-electron chi connectivity index (χ1n) is 10.3. The molecular weight excluding hydrogens is 397 g/mol. The maximum Gasteiger partial charge on any atom is 0.158 e. The van der Waals surface area contributed by atoms with Gasteiger partial charge in [-0.1, -0.05) is 103 Å². The molecule has 1 aromatic carbocycles. The normalized spacial score (nSPS) is 17.3. The molecule has 0 fully saturated rings. The van der Waals surface area contributed by atoms with Gasteiger partial charge in [-0.3, -0.25) is 0 Å². The van der Waals surface area contributed by atoms with E-state index >= 15 is 0 Å². The van der Waals surface area contributed by atoms with Crippen molar-refractivity contribution in [2.45, 2.75) is 84.8 Å². The minimum atomic E-state index is -1.98. The van der Waals surface area contributed by atoms with E-state index in [1.54, 1.807) is 0 Å². The standard InChI is InChI=1S/C21H42O2Si4/c1-18(17-22)21(19(2)20-15-13-12-14-16-20)23-27(24(3,4)5,25(6,7)8)26(9,10)11/h12-19,21H,1-11H3/t18-,19-,21-/m0/s1. The molecule has 6 heteroatoms. The second-order valence-corrected chi connectivity index (χ2v) is 50.6. The van der Waals surface area contributed by atoms with Gasteiger partial charge in [-0.2, -0.15) is 0 Å². The quantitative estimate of drug-likeness (QED) is 0.338. The Morgan fingerprint density at radius 3 is 1.52 bits per heavy atom. The third-order valence-corrected chi connectivity index (χ3v) is 73.6. The monoisotopic (exact) mass is 438 g/mol. The Morgan fingerprint density at radius 1 is 0.778 bits per heavy atom. The number of hydrogen-bond donors (Lipinski definition) is 0. The van der Waals surface area contributed by atoms with Gasteiger partial charge in [-0.05, 0) is 5.56 Å². The Balaban J connectivity index is 3.59. The SMILES string of the molecule is C[C@@H](C=O)[C@H](O[Si]([Si](C)(C)C)([Si](C)(C)C)[Si](C)(C)C)[C@@H](C)c1ccccc1. The fraction of sp³-hybridized carbons (Fsp3) is 0.667. The van der Waals surface area contributed by atoms with Crippen LogP contribution in [0.15, 0.2) is 30.3 Å². The number of rotatable bonds is 9. The van der Waals surface area contributed by atoms with Crippen molar-refractivity contribution >= 4 is 35.9 Å². The van der Waals surface area contributed by atoms with E-state index in [9.17, 15) is 4.79 Å². The topological polar surface area (TPSA) is 26.3 Å². The van der Waals surface area contributed by atoms with Crippen LogP contribution < -0.4 is 0 Å². The van der Waals surface area contributed by atoms with Crippen LogP contribution in [0.2, 0.25) is 58.9 Å². The average Bonchev–Trinajstić information content (AvgIpc) is 2.51. The molecule has 1 aromatic rings. The summed E-state index contributed by atoms with van der Waals surface area (Å²) in [5.74, 6) is 0.137. The Labute approximate surface area is 171 Å². The van der Waals surface area contributed by atoms with Crippen LogP contribution in [-0.4, -0.2) is 42.0 Å². The molecule has 2 nitrogen and oxygen atoms in total. The summed E-state index contributed by atoms with van der Waals surface area (Å²) in [5.41, 5.74) is 1.28. The summed E-state index contributed by atoms with van der Waals surface area (Å²) >= 11 is 0. The molecule has 0 aliphatic carbocycles. The fourth-order valence-electron chi connectivity index (χ4n) is 5.80. The number of carbonyl (C=O) groups is 1. The van der Waals surface area contributed by atoms with Crippen LogP contribution in [0.1, 0.15) is 25.3 Å². The maximum atomic E-state index is 11.9. The van der Waals surface area contributed by atoms with Crippen molar-refractivity contribution in [2.75, 3.05) is 0 Å². The second kappa shape index (κ2) is 8.61. The highest BCUT2D eigenvalue weighted by Crippen LogP contribution is 2.41. The van der Waals surface area contributed by atoms with Crippen molar-refractivity contribution < 1.29 is 9.22 Å². The predicted octanol–water partition coefficient (Wildman–Crippen LogP) is 6.21. The molecule has 3 atom stereocenters. The van der Waals surface area contributed by atoms with E-state index in [-0.39, 0.29) is 17.9 Å². The summed E-state index contributed by atoms with van der Waals surface area (Å²) in [6.07, 6.45) is 1.09. The lowest BCUT2D eigenvalue weighted by molar-refractivity contribution is -0.113. The highest BCUT2D eigenvalue weighted by atomic mass is 29.9. The van der Waals surface area contributed by atoms with Gasteiger partial charge in [0.05, 0.1) is 28.9 Å². The van der Waals surface area contributed by atoms with Crippen LogP contribution in [0.4, 0.5) is 0 Å². The zero-order valence-corrected chi connectivity index (χ0v) is 23.5. The molecule has 0 saturated carbocycles. The van der Waals surface area contributed by atoms with Gasteiger partial charge in [-0.15, -0.1) is 0 Å². The smallest absolute Gasteiger partial charge is 0.158 e. The van der Waals surface area contributed by atoms with Crippen molar-refractivity contribution in [1.29, 1.82) is 0 Å². The predicted molar refractivity (Wildman–Crippen MR) is 131 cm³/mol. The maximum absolute atomic E-state index is 11.9.